The summed E-state index contributed by atoms with van der Waals surface area (Å²) in [4.78, 5) is 16.5. The van der Waals surface area contributed by atoms with E-state index in [0.29, 0.717) is 16.6 Å². The van der Waals surface area contributed by atoms with E-state index in [-0.39, 0.29) is 5.91 Å². The average molecular weight is 370 g/mol. The summed E-state index contributed by atoms with van der Waals surface area (Å²) >= 11 is 1.39. The molecule has 1 N–H and O–H groups in total. The molecule has 2 aromatic carbocycles. The van der Waals surface area contributed by atoms with E-state index >= 15 is 0 Å². The third-order valence-corrected chi connectivity index (χ3v) is 4.59. The molecule has 0 aliphatic carbocycles. The Hall–Kier alpha value is -3.06. The zero-order valence-corrected chi connectivity index (χ0v) is 15.4. The van der Waals surface area contributed by atoms with Gasteiger partial charge in [0.25, 0.3) is 0 Å². The smallest absolute Gasteiger partial charge is 0.250 e. The van der Waals surface area contributed by atoms with Crippen LogP contribution in [-0.4, -0.2) is 32.2 Å². The van der Waals surface area contributed by atoms with Gasteiger partial charge in [-0.05, 0) is 42.0 Å². The van der Waals surface area contributed by atoms with Crippen molar-refractivity contribution in [2.75, 3.05) is 26.6 Å². The number of anilines is 1. The Kier molecular flexibility index (Phi) is 5.38. The molecular formula is C19H18N2O4S. The maximum atomic E-state index is 12.2. The molecule has 0 saturated heterocycles. The van der Waals surface area contributed by atoms with E-state index in [4.69, 9.17) is 14.2 Å². The van der Waals surface area contributed by atoms with Gasteiger partial charge < -0.3 is 14.2 Å². The highest BCUT2D eigenvalue weighted by atomic mass is 32.1. The summed E-state index contributed by atoms with van der Waals surface area (Å²) in [6.45, 7) is 0. The number of carbonyl (C=O) groups is 1. The third-order valence-electron chi connectivity index (χ3n) is 3.66. The number of hydrogen-bond acceptors (Lipinski definition) is 6. The number of benzene rings is 2. The predicted molar refractivity (Wildman–Crippen MR) is 103 cm³/mol. The van der Waals surface area contributed by atoms with Gasteiger partial charge in [-0.2, -0.15) is 0 Å². The van der Waals surface area contributed by atoms with Gasteiger partial charge in [-0.3, -0.25) is 10.1 Å². The number of fused-ring (bicyclic) bond motifs is 1. The molecule has 7 heteroatoms. The largest absolute Gasteiger partial charge is 0.497 e. The lowest BCUT2D eigenvalue weighted by molar-refractivity contribution is -0.111. The number of thiazole rings is 1. The van der Waals surface area contributed by atoms with E-state index in [1.54, 1.807) is 39.5 Å². The van der Waals surface area contributed by atoms with Crippen LogP contribution in [-0.2, 0) is 4.79 Å². The highest BCUT2D eigenvalue weighted by Gasteiger charge is 2.07. The number of aromatic nitrogens is 1. The van der Waals surface area contributed by atoms with E-state index in [0.717, 1.165) is 21.5 Å². The minimum Gasteiger partial charge on any atom is -0.497 e. The van der Waals surface area contributed by atoms with Crippen LogP contribution < -0.4 is 19.5 Å². The van der Waals surface area contributed by atoms with Crippen molar-refractivity contribution in [3.63, 3.8) is 0 Å². The molecule has 26 heavy (non-hydrogen) atoms. The van der Waals surface area contributed by atoms with Gasteiger partial charge in [0.15, 0.2) is 16.6 Å². The van der Waals surface area contributed by atoms with Gasteiger partial charge in [0.2, 0.25) is 5.91 Å². The van der Waals surface area contributed by atoms with Crippen LogP contribution in [0.15, 0.2) is 42.5 Å². The fourth-order valence-electron chi connectivity index (χ4n) is 2.36. The van der Waals surface area contributed by atoms with Gasteiger partial charge in [-0.15, -0.1) is 0 Å². The van der Waals surface area contributed by atoms with Crippen LogP contribution in [0.4, 0.5) is 5.13 Å². The number of rotatable bonds is 6. The number of nitrogens with one attached hydrogen (secondary N) is 1. The van der Waals surface area contributed by atoms with Crippen molar-refractivity contribution in [3.05, 3.63) is 48.0 Å². The van der Waals surface area contributed by atoms with E-state index < -0.39 is 0 Å². The number of hydrogen-bond donors (Lipinski definition) is 1. The molecule has 3 aromatic rings. The van der Waals surface area contributed by atoms with Crippen LogP contribution in [0.5, 0.6) is 17.2 Å². The second-order valence-electron chi connectivity index (χ2n) is 5.29. The first-order valence-electron chi connectivity index (χ1n) is 7.78. The number of methoxy groups -OCH3 is 3. The average Bonchev–Trinajstić information content (AvgIpc) is 3.07. The van der Waals surface area contributed by atoms with E-state index in [1.165, 1.54) is 17.4 Å². The van der Waals surface area contributed by atoms with Gasteiger partial charge in [0.05, 0.1) is 31.5 Å². The van der Waals surface area contributed by atoms with Crippen molar-refractivity contribution >= 4 is 38.7 Å². The standard InChI is InChI=1S/C19H18N2O4S/c1-23-13-6-7-14-17(11-13)26-19(20-14)21-18(22)9-5-12-4-8-15(24-2)16(10-12)25-3/h4-11H,1-3H3,(H,20,21,22). The van der Waals surface area contributed by atoms with Crippen molar-refractivity contribution in [3.8, 4) is 17.2 Å². The Morgan fingerprint density at radius 1 is 1.04 bits per heavy atom. The predicted octanol–water partition coefficient (Wildman–Crippen LogP) is 3.97. The summed E-state index contributed by atoms with van der Waals surface area (Å²) in [5.74, 6) is 1.74. The second-order valence-corrected chi connectivity index (χ2v) is 6.32. The maximum absolute atomic E-state index is 12.2. The molecular weight excluding hydrogens is 352 g/mol. The zero-order valence-electron chi connectivity index (χ0n) is 14.6. The molecule has 0 radical (unpaired) electrons. The van der Waals surface area contributed by atoms with Crippen LogP contribution in [0.3, 0.4) is 0 Å². The number of carbonyl (C=O) groups excluding carboxylic acids is 1. The lowest BCUT2D eigenvalue weighted by Crippen LogP contribution is -2.07. The lowest BCUT2D eigenvalue weighted by atomic mass is 10.2. The molecule has 0 atom stereocenters. The normalized spacial score (nSPS) is 10.9. The SMILES string of the molecule is COc1ccc2nc(NC(=O)C=Cc3ccc(OC)c(OC)c3)sc2c1. The molecule has 0 aliphatic rings. The summed E-state index contributed by atoms with van der Waals surface area (Å²) < 4.78 is 16.6. The Morgan fingerprint density at radius 2 is 1.85 bits per heavy atom. The first-order chi connectivity index (χ1) is 12.6. The van der Waals surface area contributed by atoms with E-state index in [9.17, 15) is 4.79 Å². The van der Waals surface area contributed by atoms with Gasteiger partial charge >= 0.3 is 0 Å². The summed E-state index contributed by atoms with van der Waals surface area (Å²) in [5.41, 5.74) is 1.64. The Morgan fingerprint density at radius 3 is 2.58 bits per heavy atom. The Balaban J connectivity index is 1.71. The molecule has 3 rings (SSSR count). The van der Waals surface area contributed by atoms with E-state index in [1.807, 2.05) is 24.3 Å². The second kappa shape index (κ2) is 7.88. The number of nitrogens with zero attached hydrogens (tertiary/aromatic N) is 1. The maximum Gasteiger partial charge on any atom is 0.250 e. The molecule has 0 fully saturated rings. The first kappa shape index (κ1) is 17.8. The first-order valence-corrected chi connectivity index (χ1v) is 8.60. The molecule has 134 valence electrons. The van der Waals surface area contributed by atoms with Crippen LogP contribution in [0.1, 0.15) is 5.56 Å². The summed E-state index contributed by atoms with van der Waals surface area (Å²) in [6.07, 6.45) is 3.15. The third kappa shape index (κ3) is 3.94. The van der Waals surface area contributed by atoms with Crippen molar-refractivity contribution in [2.24, 2.45) is 0 Å². The minimum atomic E-state index is -0.259. The highest BCUT2D eigenvalue weighted by molar-refractivity contribution is 7.22. The topological polar surface area (TPSA) is 69.7 Å². The zero-order chi connectivity index (χ0) is 18.5. The molecule has 0 saturated carbocycles. The van der Waals surface area contributed by atoms with E-state index in [2.05, 4.69) is 10.3 Å². The number of amides is 1. The molecule has 1 heterocycles. The molecule has 1 amide bonds. The molecule has 0 aliphatic heterocycles. The van der Waals surface area contributed by atoms with Crippen molar-refractivity contribution in [1.82, 2.24) is 4.98 Å². The summed E-state index contributed by atoms with van der Waals surface area (Å²) in [7, 11) is 4.76. The molecule has 1 aromatic heterocycles. The fraction of sp³-hybridized carbons (Fsp3) is 0.158. The van der Waals surface area contributed by atoms with Crippen LogP contribution in [0, 0.1) is 0 Å². The van der Waals surface area contributed by atoms with Crippen LogP contribution in [0.2, 0.25) is 0 Å². The summed E-state index contributed by atoms with van der Waals surface area (Å²) in [6, 6.07) is 11.0. The monoisotopic (exact) mass is 370 g/mol. The van der Waals surface area contributed by atoms with Gasteiger partial charge in [-0.1, -0.05) is 17.4 Å². The van der Waals surface area contributed by atoms with Crippen molar-refractivity contribution in [1.29, 1.82) is 0 Å². The lowest BCUT2D eigenvalue weighted by Gasteiger charge is -2.07. The summed E-state index contributed by atoms with van der Waals surface area (Å²) in [5, 5.41) is 3.31. The Bertz CT molecular complexity index is 965. The molecule has 6 nitrogen and oxygen atoms in total. The highest BCUT2D eigenvalue weighted by Crippen LogP contribution is 2.30. The van der Waals surface area contributed by atoms with Gasteiger partial charge in [-0.25, -0.2) is 4.98 Å². The fourth-order valence-corrected chi connectivity index (χ4v) is 3.26. The van der Waals surface area contributed by atoms with Gasteiger partial charge in [0, 0.05) is 6.08 Å². The molecule has 0 bridgehead atoms. The quantitative estimate of drug-likeness (QED) is 0.665. The number of ether oxygens (including phenoxy) is 3. The molecule has 0 unspecified atom stereocenters. The van der Waals surface area contributed by atoms with Crippen molar-refractivity contribution < 1.29 is 19.0 Å². The van der Waals surface area contributed by atoms with Crippen molar-refractivity contribution in [2.45, 2.75) is 0 Å². The Labute approximate surface area is 155 Å². The molecule has 0 spiro atoms. The van der Waals surface area contributed by atoms with Crippen LogP contribution in [0.25, 0.3) is 16.3 Å². The minimum absolute atomic E-state index is 0.259. The van der Waals surface area contributed by atoms with Gasteiger partial charge in [0.1, 0.15) is 5.75 Å². The van der Waals surface area contributed by atoms with Crippen LogP contribution >= 0.6 is 11.3 Å².